The molecular formula is C26H19BrN2O6S. The maximum atomic E-state index is 13.4. The molecule has 2 heterocycles. The monoisotopic (exact) mass is 566 g/mol. The third-order valence-electron chi connectivity index (χ3n) is 5.87. The quantitative estimate of drug-likeness (QED) is 0.189. The van der Waals surface area contributed by atoms with Gasteiger partial charge in [-0.15, -0.1) is 0 Å². The van der Waals surface area contributed by atoms with E-state index in [0.29, 0.717) is 26.9 Å². The number of methoxy groups -OCH3 is 2. The fraction of sp³-hybridized carbons (Fsp3) is 0.115. The van der Waals surface area contributed by atoms with E-state index in [4.69, 9.17) is 9.47 Å². The van der Waals surface area contributed by atoms with E-state index in [1.807, 2.05) is 0 Å². The lowest BCUT2D eigenvalue weighted by Crippen LogP contribution is -2.29. The molecule has 1 aliphatic rings. The number of phenolic OH excluding ortho intramolecular Hbond substituents is 1. The molecule has 1 atom stereocenters. The van der Waals surface area contributed by atoms with E-state index < -0.39 is 17.7 Å². The van der Waals surface area contributed by atoms with Crippen LogP contribution in [0.2, 0.25) is 0 Å². The normalized spacial score (nSPS) is 17.1. The second kappa shape index (κ2) is 9.29. The van der Waals surface area contributed by atoms with Gasteiger partial charge in [-0.25, -0.2) is 4.98 Å². The van der Waals surface area contributed by atoms with Gasteiger partial charge < -0.3 is 19.7 Å². The van der Waals surface area contributed by atoms with Crippen LogP contribution in [0.5, 0.6) is 17.2 Å². The zero-order chi connectivity index (χ0) is 25.6. The number of Topliss-reactive ketones (excluding diaryl/α,β-unsaturated/α-hetero) is 1. The molecule has 2 N–H and O–H groups in total. The number of benzene rings is 3. The number of nitrogens with zero attached hydrogens (tertiary/aromatic N) is 2. The minimum absolute atomic E-state index is 0.0947. The van der Waals surface area contributed by atoms with Gasteiger partial charge >= 0.3 is 5.91 Å². The first kappa shape index (κ1) is 23.8. The molecule has 0 radical (unpaired) electrons. The summed E-state index contributed by atoms with van der Waals surface area (Å²) >= 11 is 4.53. The first-order valence-electron chi connectivity index (χ1n) is 10.7. The average molecular weight is 567 g/mol. The molecule has 4 aromatic rings. The number of thiazole rings is 1. The maximum absolute atomic E-state index is 13.4. The summed E-state index contributed by atoms with van der Waals surface area (Å²) in [5, 5.41) is 21.8. The van der Waals surface area contributed by atoms with Crippen molar-refractivity contribution >= 4 is 60.1 Å². The van der Waals surface area contributed by atoms with Crippen LogP contribution >= 0.6 is 27.3 Å². The number of anilines is 1. The smallest absolute Gasteiger partial charge is 0.301 e. The van der Waals surface area contributed by atoms with Crippen LogP contribution in [0.3, 0.4) is 0 Å². The number of phenols is 1. The Balaban J connectivity index is 1.76. The lowest BCUT2D eigenvalue weighted by Gasteiger charge is -2.24. The highest BCUT2D eigenvalue weighted by molar-refractivity contribution is 9.10. The van der Waals surface area contributed by atoms with Gasteiger partial charge in [0.2, 0.25) is 0 Å². The van der Waals surface area contributed by atoms with Crippen LogP contribution in [0, 0.1) is 0 Å². The number of hydrogen-bond donors (Lipinski definition) is 2. The Morgan fingerprint density at radius 1 is 1.06 bits per heavy atom. The van der Waals surface area contributed by atoms with Gasteiger partial charge in [0.15, 0.2) is 16.6 Å². The van der Waals surface area contributed by atoms with Crippen LogP contribution in [-0.4, -0.2) is 41.1 Å². The molecule has 0 bridgehead atoms. The van der Waals surface area contributed by atoms with E-state index in [-0.39, 0.29) is 28.0 Å². The predicted octanol–water partition coefficient (Wildman–Crippen LogP) is 5.41. The van der Waals surface area contributed by atoms with Crippen LogP contribution < -0.4 is 14.4 Å². The molecule has 5 rings (SSSR count). The van der Waals surface area contributed by atoms with Gasteiger partial charge in [0.1, 0.15) is 11.5 Å². The summed E-state index contributed by atoms with van der Waals surface area (Å²) in [4.78, 5) is 32.7. The van der Waals surface area contributed by atoms with Crippen molar-refractivity contribution in [2.75, 3.05) is 19.1 Å². The molecule has 1 fully saturated rings. The minimum atomic E-state index is -1.03. The number of ether oxygens (including phenoxy) is 2. The molecule has 0 spiro atoms. The van der Waals surface area contributed by atoms with Gasteiger partial charge in [0, 0.05) is 5.56 Å². The first-order chi connectivity index (χ1) is 17.3. The zero-order valence-corrected chi connectivity index (χ0v) is 21.5. The van der Waals surface area contributed by atoms with Crippen molar-refractivity contribution < 1.29 is 29.3 Å². The van der Waals surface area contributed by atoms with Crippen LogP contribution in [0.25, 0.3) is 16.0 Å². The summed E-state index contributed by atoms with van der Waals surface area (Å²) in [5.41, 5.74) is 1.36. The molecule has 1 aliphatic heterocycles. The number of ketones is 1. The number of fused-ring (bicyclic) bond motifs is 1. The molecular weight excluding hydrogens is 548 g/mol. The van der Waals surface area contributed by atoms with Gasteiger partial charge in [0.25, 0.3) is 5.78 Å². The molecule has 182 valence electrons. The Kier molecular flexibility index (Phi) is 6.15. The summed E-state index contributed by atoms with van der Waals surface area (Å²) in [6.07, 6.45) is 0. The number of carbonyl (C=O) groups is 2. The van der Waals surface area contributed by atoms with Crippen LogP contribution in [0.1, 0.15) is 17.2 Å². The van der Waals surface area contributed by atoms with Gasteiger partial charge in [0.05, 0.1) is 40.5 Å². The standard InChI is InChI=1S/C26H19BrN2O6S/c1-34-15-8-9-17-19(12-15)36-26(28-17)29-21(14-10-16(27)23(31)18(11-14)35-2)20(24(32)25(29)33)22(30)13-6-4-3-5-7-13/h3-12,21,30-31H,1-2H3/b22-20+. The molecule has 1 amide bonds. The third-order valence-corrected chi connectivity index (χ3v) is 7.49. The molecule has 0 saturated carbocycles. The number of aliphatic hydroxyl groups is 1. The summed E-state index contributed by atoms with van der Waals surface area (Å²) in [5.74, 6) is -1.35. The van der Waals surface area contributed by atoms with Gasteiger partial charge in [-0.05, 0) is 51.8 Å². The predicted molar refractivity (Wildman–Crippen MR) is 140 cm³/mol. The third kappa shape index (κ3) is 3.88. The Morgan fingerprint density at radius 2 is 1.81 bits per heavy atom. The summed E-state index contributed by atoms with van der Waals surface area (Å²) < 4.78 is 11.7. The lowest BCUT2D eigenvalue weighted by molar-refractivity contribution is -0.132. The second-order valence-electron chi connectivity index (χ2n) is 7.92. The lowest BCUT2D eigenvalue weighted by atomic mass is 9.95. The highest BCUT2D eigenvalue weighted by Crippen LogP contribution is 2.47. The van der Waals surface area contributed by atoms with Gasteiger partial charge in [-0.2, -0.15) is 0 Å². The number of hydrogen-bond acceptors (Lipinski definition) is 8. The Hall–Kier alpha value is -3.89. The SMILES string of the molecule is COc1ccc2nc(N3C(=O)C(=O)/C(=C(/O)c4ccccc4)C3c3cc(Br)c(O)c(OC)c3)sc2c1. The Morgan fingerprint density at radius 3 is 2.50 bits per heavy atom. The number of amides is 1. The van der Waals surface area contributed by atoms with Crippen LogP contribution in [0.4, 0.5) is 5.13 Å². The summed E-state index contributed by atoms with van der Waals surface area (Å²) in [6.45, 7) is 0. The number of halogens is 1. The van der Waals surface area contributed by atoms with Crippen molar-refractivity contribution in [2.24, 2.45) is 0 Å². The molecule has 3 aromatic carbocycles. The minimum Gasteiger partial charge on any atom is -0.507 e. The molecule has 1 unspecified atom stereocenters. The number of rotatable bonds is 5. The average Bonchev–Trinajstić information content (AvgIpc) is 3.43. The van der Waals surface area contributed by atoms with Gasteiger partial charge in [-0.3, -0.25) is 14.5 Å². The Labute approximate surface area is 218 Å². The van der Waals surface area contributed by atoms with E-state index in [0.717, 1.165) is 4.70 Å². The molecule has 8 nitrogen and oxygen atoms in total. The van der Waals surface area contributed by atoms with E-state index in [1.54, 1.807) is 61.7 Å². The molecule has 10 heteroatoms. The summed E-state index contributed by atoms with van der Waals surface area (Å²) in [6, 6.07) is 15.9. The zero-order valence-electron chi connectivity index (χ0n) is 19.1. The highest BCUT2D eigenvalue weighted by atomic mass is 79.9. The van der Waals surface area contributed by atoms with E-state index in [9.17, 15) is 19.8 Å². The van der Waals surface area contributed by atoms with Crippen molar-refractivity contribution in [3.05, 3.63) is 81.8 Å². The van der Waals surface area contributed by atoms with E-state index >= 15 is 0 Å². The van der Waals surface area contributed by atoms with Crippen molar-refractivity contribution in [3.8, 4) is 17.2 Å². The van der Waals surface area contributed by atoms with Crippen molar-refractivity contribution in [3.63, 3.8) is 0 Å². The number of aromatic nitrogens is 1. The van der Waals surface area contributed by atoms with Crippen LogP contribution in [-0.2, 0) is 9.59 Å². The van der Waals surface area contributed by atoms with Crippen molar-refractivity contribution in [1.82, 2.24) is 4.98 Å². The van der Waals surface area contributed by atoms with Crippen molar-refractivity contribution in [1.29, 1.82) is 0 Å². The van der Waals surface area contributed by atoms with Crippen LogP contribution in [0.15, 0.2) is 70.7 Å². The first-order valence-corrected chi connectivity index (χ1v) is 12.3. The molecule has 36 heavy (non-hydrogen) atoms. The largest absolute Gasteiger partial charge is 0.507 e. The topological polar surface area (TPSA) is 109 Å². The Bertz CT molecular complexity index is 1550. The maximum Gasteiger partial charge on any atom is 0.301 e. The van der Waals surface area contributed by atoms with Crippen molar-refractivity contribution in [2.45, 2.75) is 6.04 Å². The number of aliphatic hydroxyl groups excluding tert-OH is 1. The van der Waals surface area contributed by atoms with Gasteiger partial charge in [-0.1, -0.05) is 41.7 Å². The highest BCUT2D eigenvalue weighted by Gasteiger charge is 2.48. The fourth-order valence-corrected chi connectivity index (χ4v) is 5.61. The fourth-order valence-electron chi connectivity index (χ4n) is 4.13. The molecule has 1 saturated heterocycles. The molecule has 1 aromatic heterocycles. The van der Waals surface area contributed by atoms with E-state index in [1.165, 1.54) is 29.4 Å². The summed E-state index contributed by atoms with van der Waals surface area (Å²) in [7, 11) is 2.95. The molecule has 0 aliphatic carbocycles. The second-order valence-corrected chi connectivity index (χ2v) is 9.78. The number of aromatic hydroxyl groups is 1. The van der Waals surface area contributed by atoms with E-state index in [2.05, 4.69) is 20.9 Å². The number of carbonyl (C=O) groups excluding carboxylic acids is 2.